The van der Waals surface area contributed by atoms with E-state index in [-0.39, 0.29) is 30.5 Å². The minimum atomic E-state index is -4.72. The Hall–Kier alpha value is -3.93. The van der Waals surface area contributed by atoms with E-state index in [1.807, 2.05) is 6.92 Å². The number of fused-ring (bicyclic) bond motifs is 1. The van der Waals surface area contributed by atoms with Gasteiger partial charge < -0.3 is 25.0 Å². The van der Waals surface area contributed by atoms with E-state index in [1.165, 1.54) is 31.4 Å². The number of halogens is 3. The summed E-state index contributed by atoms with van der Waals surface area (Å²) in [5.74, 6) is -1.52. The van der Waals surface area contributed by atoms with Gasteiger partial charge in [0.2, 0.25) is 17.7 Å². The van der Waals surface area contributed by atoms with Gasteiger partial charge in [0.25, 0.3) is 0 Å². The maximum Gasteiger partial charge on any atom is 0.413 e. The number of hydrogen-bond donors (Lipinski definition) is 2. The average Bonchev–Trinajstić information content (AvgIpc) is 3.33. The molecule has 3 heterocycles. The lowest BCUT2D eigenvalue weighted by molar-refractivity contribution is -0.190. The predicted molar refractivity (Wildman–Crippen MR) is 134 cm³/mol. The van der Waals surface area contributed by atoms with Crippen molar-refractivity contribution in [2.24, 2.45) is 5.92 Å². The molecule has 202 valence electrons. The van der Waals surface area contributed by atoms with Crippen LogP contribution >= 0.6 is 0 Å². The predicted octanol–water partition coefficient (Wildman–Crippen LogP) is 4.29. The molecule has 1 saturated heterocycles. The smallest absolute Gasteiger partial charge is 0.413 e. The molecule has 1 aliphatic rings. The summed E-state index contributed by atoms with van der Waals surface area (Å²) < 4.78 is 53.1. The van der Waals surface area contributed by atoms with Gasteiger partial charge in [0.1, 0.15) is 5.52 Å². The van der Waals surface area contributed by atoms with Crippen LogP contribution in [0.25, 0.3) is 11.0 Å². The highest BCUT2D eigenvalue weighted by Crippen LogP contribution is 2.39. The first kappa shape index (κ1) is 27.1. The zero-order chi connectivity index (χ0) is 27.6. The molecular weight excluding hydrogens is 503 g/mol. The van der Waals surface area contributed by atoms with E-state index in [9.17, 15) is 22.8 Å². The second-order valence-electron chi connectivity index (χ2n) is 9.03. The van der Waals surface area contributed by atoms with Crippen molar-refractivity contribution in [3.8, 4) is 5.88 Å². The van der Waals surface area contributed by atoms with Crippen molar-refractivity contribution in [2.75, 3.05) is 33.1 Å². The molecule has 0 saturated carbocycles. The number of carbonyl (C=O) groups excluding carboxylic acids is 2. The molecule has 3 atom stereocenters. The highest BCUT2D eigenvalue weighted by molar-refractivity contribution is 5.89. The molecule has 38 heavy (non-hydrogen) atoms. The maximum absolute atomic E-state index is 14.1. The molecule has 0 unspecified atom stereocenters. The number of pyridine rings is 2. The number of ether oxygens (including phenoxy) is 2. The van der Waals surface area contributed by atoms with E-state index in [1.54, 1.807) is 25.4 Å². The molecule has 2 N–H and O–H groups in total. The number of nitrogens with zero attached hydrogens (tertiary/aromatic N) is 3. The number of amides is 2. The third kappa shape index (κ3) is 5.49. The molecular formula is C26H28F3N5O4. The number of aromatic nitrogens is 2. The third-order valence-electron chi connectivity index (χ3n) is 6.57. The number of carbonyl (C=O) groups is 2. The van der Waals surface area contributed by atoms with Crippen LogP contribution in [0.15, 0.2) is 42.6 Å². The van der Waals surface area contributed by atoms with Crippen molar-refractivity contribution in [1.29, 1.82) is 0 Å². The van der Waals surface area contributed by atoms with E-state index >= 15 is 0 Å². The molecule has 0 bridgehead atoms. The summed E-state index contributed by atoms with van der Waals surface area (Å²) in [6.45, 7) is 1.87. The number of anilines is 2. The van der Waals surface area contributed by atoms with E-state index in [4.69, 9.17) is 9.47 Å². The Labute approximate surface area is 217 Å². The van der Waals surface area contributed by atoms with Crippen LogP contribution in [0.1, 0.15) is 36.6 Å². The van der Waals surface area contributed by atoms with Gasteiger partial charge in [-0.15, -0.1) is 0 Å². The molecule has 0 aliphatic carbocycles. The highest BCUT2D eigenvalue weighted by atomic mass is 19.4. The summed E-state index contributed by atoms with van der Waals surface area (Å²) in [5.41, 5.74) is 2.87. The van der Waals surface area contributed by atoms with Gasteiger partial charge in [-0.2, -0.15) is 13.2 Å². The Kier molecular flexibility index (Phi) is 7.72. The van der Waals surface area contributed by atoms with E-state index in [0.717, 1.165) is 7.05 Å². The monoisotopic (exact) mass is 531 g/mol. The second kappa shape index (κ2) is 10.8. The lowest BCUT2D eigenvalue weighted by Gasteiger charge is -2.32. The first-order chi connectivity index (χ1) is 18.0. The molecule has 3 aromatic rings. The molecule has 2 amide bonds. The van der Waals surface area contributed by atoms with Gasteiger partial charge in [0, 0.05) is 44.4 Å². The van der Waals surface area contributed by atoms with E-state index in [2.05, 4.69) is 20.6 Å². The number of rotatable bonds is 8. The van der Waals surface area contributed by atoms with Crippen LogP contribution in [0.5, 0.6) is 5.88 Å². The Morgan fingerprint density at radius 3 is 2.47 bits per heavy atom. The van der Waals surface area contributed by atoms with Crippen LogP contribution in [0.2, 0.25) is 0 Å². The largest absolute Gasteiger partial charge is 0.481 e. The van der Waals surface area contributed by atoms with Crippen LogP contribution in [0.3, 0.4) is 0 Å². The molecule has 1 aliphatic heterocycles. The van der Waals surface area contributed by atoms with Crippen molar-refractivity contribution >= 4 is 34.2 Å². The normalized spacial score (nSPS) is 17.1. The third-order valence-corrected chi connectivity index (χ3v) is 6.57. The molecule has 2 aromatic heterocycles. The van der Waals surface area contributed by atoms with Gasteiger partial charge in [-0.25, -0.2) is 4.98 Å². The van der Waals surface area contributed by atoms with E-state index < -0.39 is 24.0 Å². The summed E-state index contributed by atoms with van der Waals surface area (Å²) in [6, 6.07) is 6.94. The lowest BCUT2D eigenvalue weighted by atomic mass is 10.0. The Balaban J connectivity index is 1.63. The van der Waals surface area contributed by atoms with E-state index in [0.29, 0.717) is 38.8 Å². The Bertz CT molecular complexity index is 1330. The van der Waals surface area contributed by atoms with Crippen molar-refractivity contribution in [3.05, 3.63) is 53.7 Å². The summed E-state index contributed by atoms with van der Waals surface area (Å²) >= 11 is 0. The van der Waals surface area contributed by atoms with Crippen LogP contribution in [-0.2, 0) is 14.3 Å². The zero-order valence-corrected chi connectivity index (χ0v) is 21.3. The molecule has 1 aromatic carbocycles. The van der Waals surface area contributed by atoms with Gasteiger partial charge >= 0.3 is 6.18 Å². The van der Waals surface area contributed by atoms with Crippen LogP contribution < -0.4 is 15.4 Å². The van der Waals surface area contributed by atoms with Gasteiger partial charge in [-0.05, 0) is 30.7 Å². The summed E-state index contributed by atoms with van der Waals surface area (Å²) in [6.07, 6.45) is -3.62. The fraction of sp³-hybridized carbons (Fsp3) is 0.385. The molecule has 12 heteroatoms. The summed E-state index contributed by atoms with van der Waals surface area (Å²) in [5, 5.41) is 5.68. The first-order valence-corrected chi connectivity index (χ1v) is 11.9. The number of benzene rings is 1. The molecule has 9 nitrogen and oxygen atoms in total. The maximum atomic E-state index is 14.1. The fourth-order valence-corrected chi connectivity index (χ4v) is 4.54. The topological polar surface area (TPSA) is 106 Å². The van der Waals surface area contributed by atoms with Crippen molar-refractivity contribution < 1.29 is 32.2 Å². The summed E-state index contributed by atoms with van der Waals surface area (Å²) in [7, 11) is 4.17. The standard InChI is InChI=1S/C26H28F3N5O4/c1-14(37-3)22-19(13-30-18-9-10-21(38-4)33-23(18)22)32-17-7-5-15(6-8-17)24(26(27,28)29)34(2)25(36)16-11-20(35)31-12-16/h5-10,13-14,16,24,32H,11-12H2,1-4H3,(H,31,35)/t14-,16-,24-/m0/s1. The minimum Gasteiger partial charge on any atom is -0.481 e. The Morgan fingerprint density at radius 1 is 1.18 bits per heavy atom. The molecule has 1 fully saturated rings. The number of methoxy groups -OCH3 is 2. The minimum absolute atomic E-state index is 0.0260. The quantitative estimate of drug-likeness (QED) is 0.447. The van der Waals surface area contributed by atoms with Crippen molar-refractivity contribution in [3.63, 3.8) is 0 Å². The second-order valence-corrected chi connectivity index (χ2v) is 9.03. The van der Waals surface area contributed by atoms with Gasteiger partial charge in [0.15, 0.2) is 6.04 Å². The number of hydrogen-bond acceptors (Lipinski definition) is 7. The zero-order valence-electron chi connectivity index (χ0n) is 21.3. The van der Waals surface area contributed by atoms with Crippen LogP contribution in [0, 0.1) is 5.92 Å². The SMILES string of the molecule is COc1ccc2ncc(Nc3ccc([C@H](N(C)C(=O)[C@@H]4CNC(=O)C4)C(F)(F)F)cc3)c([C@H](C)OC)c2n1. The van der Waals surface area contributed by atoms with Gasteiger partial charge in [-0.3, -0.25) is 14.6 Å². The van der Waals surface area contributed by atoms with Crippen molar-refractivity contribution in [1.82, 2.24) is 20.2 Å². The molecule has 0 radical (unpaired) electrons. The van der Waals surface area contributed by atoms with Crippen LogP contribution in [-0.4, -0.2) is 60.7 Å². The van der Waals surface area contributed by atoms with Crippen LogP contribution in [0.4, 0.5) is 24.5 Å². The average molecular weight is 532 g/mol. The molecule has 0 spiro atoms. The fourth-order valence-electron chi connectivity index (χ4n) is 4.54. The molecule has 4 rings (SSSR count). The van der Waals surface area contributed by atoms with Gasteiger partial charge in [0.05, 0.1) is 36.5 Å². The number of nitrogens with one attached hydrogen (secondary N) is 2. The highest BCUT2D eigenvalue weighted by Gasteiger charge is 2.46. The first-order valence-electron chi connectivity index (χ1n) is 11.9. The lowest BCUT2D eigenvalue weighted by Crippen LogP contribution is -2.43. The summed E-state index contributed by atoms with van der Waals surface area (Å²) in [4.78, 5) is 33.8. The van der Waals surface area contributed by atoms with Crippen molar-refractivity contribution in [2.45, 2.75) is 31.7 Å². The number of alkyl halides is 3. The van der Waals surface area contributed by atoms with Gasteiger partial charge in [-0.1, -0.05) is 12.1 Å². The Morgan fingerprint density at radius 2 is 1.89 bits per heavy atom.